The number of aromatic nitrogens is 1. The minimum Gasteiger partial charge on any atom is -0.497 e. The van der Waals surface area contributed by atoms with Crippen LogP contribution in [0.3, 0.4) is 0 Å². The molecule has 3 aromatic rings. The van der Waals surface area contributed by atoms with Gasteiger partial charge in [-0.25, -0.2) is 4.98 Å². The van der Waals surface area contributed by atoms with Crippen LogP contribution in [0.15, 0.2) is 42.5 Å². The first-order valence-corrected chi connectivity index (χ1v) is 11.3. The maximum atomic E-state index is 13.5. The number of ether oxygens (including phenoxy) is 3. The molecule has 1 unspecified atom stereocenters. The van der Waals surface area contributed by atoms with Crippen LogP contribution in [0.4, 0.5) is 5.13 Å². The molecule has 1 atom stereocenters. The minimum absolute atomic E-state index is 0. The summed E-state index contributed by atoms with van der Waals surface area (Å²) in [6.07, 6.45) is -0.715. The van der Waals surface area contributed by atoms with Gasteiger partial charge in [0.2, 0.25) is 6.10 Å². The maximum Gasteiger partial charge on any atom is 0.273 e. The number of hydrogen-bond acceptors (Lipinski definition) is 7. The molecule has 0 N–H and O–H groups in total. The fourth-order valence-electron chi connectivity index (χ4n) is 3.53. The van der Waals surface area contributed by atoms with Gasteiger partial charge in [-0.2, -0.15) is 0 Å². The second-order valence-corrected chi connectivity index (χ2v) is 8.22. The van der Waals surface area contributed by atoms with Crippen LogP contribution in [0.2, 0.25) is 0 Å². The number of amides is 1. The van der Waals surface area contributed by atoms with E-state index in [9.17, 15) is 4.79 Å². The lowest BCUT2D eigenvalue weighted by Crippen LogP contribution is -2.48. The zero-order chi connectivity index (χ0) is 21.8. The Morgan fingerprint density at radius 3 is 2.62 bits per heavy atom. The van der Waals surface area contributed by atoms with Gasteiger partial charge in [0.15, 0.2) is 16.6 Å². The van der Waals surface area contributed by atoms with E-state index in [4.69, 9.17) is 19.2 Å². The molecular formula is C23H28ClN3O4S. The molecule has 0 saturated carbocycles. The molecule has 0 saturated heterocycles. The number of thiazole rings is 1. The highest BCUT2D eigenvalue weighted by atomic mass is 35.5. The lowest BCUT2D eigenvalue weighted by atomic mass is 10.2. The zero-order valence-electron chi connectivity index (χ0n) is 18.4. The van der Waals surface area contributed by atoms with Crippen molar-refractivity contribution in [3.05, 3.63) is 42.5 Å². The summed E-state index contributed by atoms with van der Waals surface area (Å²) in [6.45, 7) is 7.54. The number of halogens is 1. The van der Waals surface area contributed by atoms with Gasteiger partial charge in [0.1, 0.15) is 12.4 Å². The van der Waals surface area contributed by atoms with E-state index >= 15 is 0 Å². The van der Waals surface area contributed by atoms with E-state index < -0.39 is 6.10 Å². The van der Waals surface area contributed by atoms with Crippen LogP contribution in [0.5, 0.6) is 17.2 Å². The summed E-state index contributed by atoms with van der Waals surface area (Å²) in [6, 6.07) is 13.2. The second-order valence-electron chi connectivity index (χ2n) is 7.21. The van der Waals surface area contributed by atoms with E-state index in [1.807, 2.05) is 42.5 Å². The average Bonchev–Trinajstić information content (AvgIpc) is 3.24. The number of carbonyl (C=O) groups excluding carboxylic acids is 1. The molecule has 1 aliphatic heterocycles. The largest absolute Gasteiger partial charge is 0.497 e. The summed E-state index contributed by atoms with van der Waals surface area (Å²) in [5.74, 6) is 1.84. The van der Waals surface area contributed by atoms with Crippen molar-refractivity contribution in [1.82, 2.24) is 9.88 Å². The molecule has 32 heavy (non-hydrogen) atoms. The first-order valence-electron chi connectivity index (χ1n) is 10.5. The monoisotopic (exact) mass is 477 g/mol. The van der Waals surface area contributed by atoms with E-state index in [0.29, 0.717) is 23.2 Å². The second kappa shape index (κ2) is 10.8. The van der Waals surface area contributed by atoms with Gasteiger partial charge in [0.05, 0.1) is 17.3 Å². The first-order chi connectivity index (χ1) is 15.1. The van der Waals surface area contributed by atoms with Crippen LogP contribution in [0.1, 0.15) is 13.8 Å². The van der Waals surface area contributed by atoms with Gasteiger partial charge in [0, 0.05) is 19.2 Å². The molecule has 0 aliphatic carbocycles. The van der Waals surface area contributed by atoms with E-state index in [1.165, 1.54) is 11.3 Å². The topological polar surface area (TPSA) is 64.1 Å². The number of methoxy groups -OCH3 is 1. The standard InChI is InChI=1S/C23H27N3O4S.ClH/c1-4-25(5-2)12-13-26(23-24-17-14-16(28-3)10-11-21(17)31-23)22(27)20-15-29-18-8-6-7-9-19(18)30-20;/h6-11,14,20H,4-5,12-13,15H2,1-3H3;1H. The van der Waals surface area contributed by atoms with Gasteiger partial charge in [-0.1, -0.05) is 37.3 Å². The number of para-hydroxylation sites is 2. The van der Waals surface area contributed by atoms with Crippen molar-refractivity contribution in [2.24, 2.45) is 0 Å². The fraction of sp³-hybridized carbons (Fsp3) is 0.391. The van der Waals surface area contributed by atoms with Gasteiger partial charge < -0.3 is 19.1 Å². The van der Waals surface area contributed by atoms with E-state index in [2.05, 4.69) is 18.7 Å². The molecule has 4 rings (SSSR count). The Hall–Kier alpha value is -2.55. The third kappa shape index (κ3) is 5.09. The normalized spacial score (nSPS) is 14.8. The molecule has 2 heterocycles. The van der Waals surface area contributed by atoms with Crippen LogP contribution >= 0.6 is 23.7 Å². The summed E-state index contributed by atoms with van der Waals surface area (Å²) in [4.78, 5) is 22.3. The van der Waals surface area contributed by atoms with Crippen molar-refractivity contribution in [3.63, 3.8) is 0 Å². The highest BCUT2D eigenvalue weighted by molar-refractivity contribution is 7.22. The van der Waals surface area contributed by atoms with Crippen molar-refractivity contribution in [1.29, 1.82) is 0 Å². The number of fused-ring (bicyclic) bond motifs is 2. The van der Waals surface area contributed by atoms with Gasteiger partial charge in [-0.15, -0.1) is 12.4 Å². The summed E-state index contributed by atoms with van der Waals surface area (Å²) < 4.78 is 18.1. The predicted molar refractivity (Wildman–Crippen MR) is 130 cm³/mol. The van der Waals surface area contributed by atoms with Crippen LogP contribution in [-0.2, 0) is 4.79 Å². The fourth-order valence-corrected chi connectivity index (χ4v) is 4.51. The number of benzene rings is 2. The Labute approximate surface area is 198 Å². The number of hydrogen-bond donors (Lipinski definition) is 0. The summed E-state index contributed by atoms with van der Waals surface area (Å²) in [5.41, 5.74) is 0.811. The summed E-state index contributed by atoms with van der Waals surface area (Å²) in [7, 11) is 1.63. The first kappa shape index (κ1) is 24.1. The molecule has 0 radical (unpaired) electrons. The van der Waals surface area contributed by atoms with Crippen molar-refractivity contribution < 1.29 is 19.0 Å². The third-order valence-corrected chi connectivity index (χ3v) is 6.46. The summed E-state index contributed by atoms with van der Waals surface area (Å²) in [5, 5.41) is 0.655. The number of rotatable bonds is 8. The molecule has 1 aliphatic rings. The minimum atomic E-state index is -0.715. The van der Waals surface area contributed by atoms with Crippen molar-refractivity contribution >= 4 is 45.0 Å². The Morgan fingerprint density at radius 1 is 1.16 bits per heavy atom. The lowest BCUT2D eigenvalue weighted by Gasteiger charge is -2.30. The van der Waals surface area contributed by atoms with Crippen molar-refractivity contribution in [2.75, 3.05) is 44.8 Å². The van der Waals surface area contributed by atoms with Crippen molar-refractivity contribution in [2.45, 2.75) is 20.0 Å². The Balaban J connectivity index is 0.00000289. The number of nitrogens with zero attached hydrogens (tertiary/aromatic N) is 3. The molecule has 0 spiro atoms. The van der Waals surface area contributed by atoms with Crippen LogP contribution in [0, 0.1) is 0 Å². The summed E-state index contributed by atoms with van der Waals surface area (Å²) >= 11 is 1.49. The SMILES string of the molecule is CCN(CC)CCN(C(=O)C1COc2ccccc2O1)c1nc2cc(OC)ccc2s1.Cl. The number of carbonyl (C=O) groups is 1. The van der Waals surface area contributed by atoms with Crippen LogP contribution < -0.4 is 19.1 Å². The molecule has 1 amide bonds. The molecule has 2 aromatic carbocycles. The van der Waals surface area contributed by atoms with Gasteiger partial charge in [-0.3, -0.25) is 9.69 Å². The quantitative estimate of drug-likeness (QED) is 0.483. The van der Waals surface area contributed by atoms with E-state index in [0.717, 1.165) is 35.6 Å². The molecule has 1 aromatic heterocycles. The highest BCUT2D eigenvalue weighted by Crippen LogP contribution is 2.34. The third-order valence-electron chi connectivity index (χ3n) is 5.40. The van der Waals surface area contributed by atoms with Crippen LogP contribution in [0.25, 0.3) is 10.2 Å². The average molecular weight is 478 g/mol. The van der Waals surface area contributed by atoms with Gasteiger partial charge in [0.25, 0.3) is 5.91 Å². The Morgan fingerprint density at radius 2 is 1.91 bits per heavy atom. The van der Waals surface area contributed by atoms with Gasteiger partial charge >= 0.3 is 0 Å². The highest BCUT2D eigenvalue weighted by Gasteiger charge is 2.33. The lowest BCUT2D eigenvalue weighted by molar-refractivity contribution is -0.127. The van der Waals surface area contributed by atoms with Crippen LogP contribution in [-0.4, -0.2) is 61.8 Å². The molecule has 9 heteroatoms. The van der Waals surface area contributed by atoms with Crippen molar-refractivity contribution in [3.8, 4) is 17.2 Å². The van der Waals surface area contributed by atoms with E-state index in [-0.39, 0.29) is 24.9 Å². The number of likely N-dealkylation sites (N-methyl/N-ethyl adjacent to an activating group) is 1. The number of anilines is 1. The molecule has 7 nitrogen and oxygen atoms in total. The molecule has 0 fully saturated rings. The zero-order valence-corrected chi connectivity index (χ0v) is 20.1. The molecule has 0 bridgehead atoms. The smallest absolute Gasteiger partial charge is 0.273 e. The Bertz CT molecular complexity index is 1060. The maximum absolute atomic E-state index is 13.5. The Kier molecular flexibility index (Phi) is 8.17. The predicted octanol–water partition coefficient (Wildman–Crippen LogP) is 4.24. The molecular weight excluding hydrogens is 450 g/mol. The molecule has 172 valence electrons. The van der Waals surface area contributed by atoms with E-state index in [1.54, 1.807) is 12.0 Å². The van der Waals surface area contributed by atoms with Gasteiger partial charge in [-0.05, 0) is 37.4 Å².